The second-order valence-corrected chi connectivity index (χ2v) is 20.8. The summed E-state index contributed by atoms with van der Waals surface area (Å²) in [6, 6.07) is 13.9. The highest BCUT2D eigenvalue weighted by molar-refractivity contribution is 5.78. The van der Waals surface area contributed by atoms with E-state index < -0.39 is 23.0 Å². The van der Waals surface area contributed by atoms with Crippen molar-refractivity contribution >= 4 is 11.9 Å². The van der Waals surface area contributed by atoms with Crippen LogP contribution in [-0.2, 0) is 52.2 Å². The minimum Gasteiger partial charge on any atom is -0.462 e. The minimum atomic E-state index is -0.859. The SMILES string of the molecule is CC(C)c1ccc2c(c1)CCC1C(C)(C(=O)OCC(O)COCCCCCCOCC(O)COC(=O)C3(C)CCCC4(C)c5ccc(C(C)C)cc5CCC34)CCCC21C. The summed E-state index contributed by atoms with van der Waals surface area (Å²) >= 11 is 0. The van der Waals surface area contributed by atoms with Gasteiger partial charge < -0.3 is 29.2 Å². The Balaban J connectivity index is 0.818. The van der Waals surface area contributed by atoms with Crippen LogP contribution in [-0.4, -0.2) is 74.0 Å². The first-order valence-corrected chi connectivity index (χ1v) is 23.7. The van der Waals surface area contributed by atoms with Crippen molar-refractivity contribution in [1.29, 1.82) is 0 Å². The monoisotopic (exact) mass is 831 g/mol. The Labute approximate surface area is 361 Å². The average molecular weight is 831 g/mol. The second-order valence-electron chi connectivity index (χ2n) is 20.8. The van der Waals surface area contributed by atoms with E-state index in [2.05, 4.69) is 91.8 Å². The van der Waals surface area contributed by atoms with Crippen LogP contribution < -0.4 is 0 Å². The lowest BCUT2D eigenvalue weighted by molar-refractivity contribution is -0.169. The molecule has 0 radical (unpaired) electrons. The van der Waals surface area contributed by atoms with Gasteiger partial charge >= 0.3 is 11.9 Å². The van der Waals surface area contributed by atoms with Gasteiger partial charge in [-0.1, -0.05) is 104 Å². The number of aliphatic hydroxyl groups is 2. The lowest BCUT2D eigenvalue weighted by atomic mass is 9.49. The fourth-order valence-electron chi connectivity index (χ4n) is 12.2. The third-order valence-electron chi connectivity index (χ3n) is 15.8. The lowest BCUT2D eigenvalue weighted by Gasteiger charge is -2.54. The maximum Gasteiger partial charge on any atom is 0.312 e. The molecule has 2 saturated carbocycles. The third-order valence-corrected chi connectivity index (χ3v) is 15.8. The number of unbranched alkanes of at least 4 members (excludes halogenated alkanes) is 3. The Kier molecular flexibility index (Phi) is 15.4. The number of esters is 2. The van der Waals surface area contributed by atoms with E-state index in [1.165, 1.54) is 33.4 Å². The van der Waals surface area contributed by atoms with E-state index in [0.29, 0.717) is 25.0 Å². The molecule has 0 amide bonds. The molecular weight excluding hydrogens is 753 g/mol. The fraction of sp³-hybridized carbons (Fsp3) is 0.731. The molecule has 8 unspecified atom stereocenters. The summed E-state index contributed by atoms with van der Waals surface area (Å²) in [7, 11) is 0. The van der Waals surface area contributed by atoms with Crippen molar-refractivity contribution in [3.05, 3.63) is 69.8 Å². The van der Waals surface area contributed by atoms with E-state index >= 15 is 0 Å². The van der Waals surface area contributed by atoms with Gasteiger partial charge in [-0.05, 0) is 146 Å². The molecule has 2 aromatic rings. The van der Waals surface area contributed by atoms with Crippen LogP contribution >= 0.6 is 0 Å². The number of aliphatic hydroxyl groups excluding tert-OH is 2. The van der Waals surface area contributed by atoms with Crippen LogP contribution in [0.1, 0.15) is 178 Å². The summed E-state index contributed by atoms with van der Waals surface area (Å²) in [5.41, 5.74) is 7.17. The van der Waals surface area contributed by atoms with Gasteiger partial charge in [0.1, 0.15) is 25.4 Å². The zero-order valence-corrected chi connectivity index (χ0v) is 38.4. The van der Waals surface area contributed by atoms with Gasteiger partial charge in [-0.25, -0.2) is 0 Å². The molecule has 2 aromatic carbocycles. The molecule has 8 nitrogen and oxygen atoms in total. The minimum absolute atomic E-state index is 0.0534. The summed E-state index contributed by atoms with van der Waals surface area (Å²) in [6.45, 7) is 19.0. The van der Waals surface area contributed by atoms with Gasteiger partial charge in [-0.15, -0.1) is 0 Å². The molecule has 2 fully saturated rings. The molecule has 4 aliphatic rings. The van der Waals surface area contributed by atoms with Crippen LogP contribution in [0, 0.1) is 22.7 Å². The van der Waals surface area contributed by atoms with Gasteiger partial charge in [0.2, 0.25) is 0 Å². The van der Waals surface area contributed by atoms with E-state index in [4.69, 9.17) is 18.9 Å². The van der Waals surface area contributed by atoms with E-state index in [1.807, 2.05) is 0 Å². The zero-order chi connectivity index (χ0) is 43.3. The number of carbonyl (C=O) groups excluding carboxylic acids is 2. The van der Waals surface area contributed by atoms with E-state index in [0.717, 1.165) is 89.9 Å². The number of fused-ring (bicyclic) bond motifs is 6. The van der Waals surface area contributed by atoms with Crippen molar-refractivity contribution < 1.29 is 38.7 Å². The Hall–Kier alpha value is -2.78. The number of hydrogen-bond donors (Lipinski definition) is 2. The summed E-state index contributed by atoms with van der Waals surface area (Å²) in [6.07, 6.45) is 11.6. The van der Waals surface area contributed by atoms with Gasteiger partial charge in [0.25, 0.3) is 0 Å². The molecular formula is C52H78O8. The molecule has 0 saturated heterocycles. The highest BCUT2D eigenvalue weighted by atomic mass is 16.6. The van der Waals surface area contributed by atoms with Gasteiger partial charge in [-0.2, -0.15) is 0 Å². The number of aryl methyl sites for hydroxylation is 2. The van der Waals surface area contributed by atoms with Gasteiger partial charge in [0.05, 0.1) is 24.0 Å². The van der Waals surface area contributed by atoms with E-state index in [-0.39, 0.29) is 61.0 Å². The fourth-order valence-corrected chi connectivity index (χ4v) is 12.2. The predicted molar refractivity (Wildman–Crippen MR) is 237 cm³/mol. The number of carbonyl (C=O) groups is 2. The molecule has 0 spiro atoms. The van der Waals surface area contributed by atoms with Crippen molar-refractivity contribution in [2.24, 2.45) is 22.7 Å². The van der Waals surface area contributed by atoms with Gasteiger partial charge in [0.15, 0.2) is 0 Å². The topological polar surface area (TPSA) is 112 Å². The van der Waals surface area contributed by atoms with Crippen LogP contribution in [0.3, 0.4) is 0 Å². The first-order valence-electron chi connectivity index (χ1n) is 23.7. The molecule has 0 bridgehead atoms. The summed E-state index contributed by atoms with van der Waals surface area (Å²) < 4.78 is 23.1. The average Bonchev–Trinajstić information content (AvgIpc) is 3.21. The summed E-state index contributed by atoms with van der Waals surface area (Å²) in [5.74, 6) is 1.02. The molecule has 0 aliphatic heterocycles. The van der Waals surface area contributed by atoms with Crippen LogP contribution in [0.25, 0.3) is 0 Å². The molecule has 334 valence electrons. The molecule has 0 aromatic heterocycles. The maximum atomic E-state index is 13.7. The smallest absolute Gasteiger partial charge is 0.312 e. The second kappa shape index (κ2) is 19.7. The summed E-state index contributed by atoms with van der Waals surface area (Å²) in [4.78, 5) is 27.3. The Morgan fingerprint density at radius 2 is 1.00 bits per heavy atom. The highest BCUT2D eigenvalue weighted by Gasteiger charge is 2.57. The Morgan fingerprint density at radius 3 is 1.38 bits per heavy atom. The largest absolute Gasteiger partial charge is 0.462 e. The van der Waals surface area contributed by atoms with Crippen molar-refractivity contribution in [1.82, 2.24) is 0 Å². The molecule has 8 atom stereocenters. The van der Waals surface area contributed by atoms with Gasteiger partial charge in [0, 0.05) is 13.2 Å². The Bertz CT molecular complexity index is 1640. The number of benzene rings is 2. The van der Waals surface area contributed by atoms with Crippen molar-refractivity contribution in [2.45, 2.75) is 180 Å². The quantitative estimate of drug-likeness (QED) is 0.106. The predicted octanol–water partition coefficient (Wildman–Crippen LogP) is 10.1. The van der Waals surface area contributed by atoms with E-state index in [9.17, 15) is 19.8 Å². The first kappa shape index (κ1) is 46.7. The van der Waals surface area contributed by atoms with Gasteiger partial charge in [-0.3, -0.25) is 9.59 Å². The summed E-state index contributed by atoms with van der Waals surface area (Å²) in [5, 5.41) is 21.2. The standard InChI is InChI=1S/C52H78O8/c1-35(2)37-15-19-43-39(29-37)17-21-45-49(43,5)23-13-25-51(45,7)47(55)59-33-41(53)31-57-27-11-9-10-12-28-58-32-42(54)34-60-48(56)52(8)26-14-24-50(6)44-20-16-38(36(3)4)30-40(44)18-22-46(50)52/h15-16,19-20,29-30,35-36,41-42,45-46,53-54H,9-14,17-18,21-28,31-34H2,1-8H3. The maximum absolute atomic E-state index is 13.7. The zero-order valence-electron chi connectivity index (χ0n) is 38.4. The van der Waals surface area contributed by atoms with Crippen molar-refractivity contribution in [2.75, 3.05) is 39.6 Å². The highest BCUT2D eigenvalue weighted by Crippen LogP contribution is 2.59. The molecule has 2 N–H and O–H groups in total. The lowest BCUT2D eigenvalue weighted by Crippen LogP contribution is -2.53. The third kappa shape index (κ3) is 9.87. The van der Waals surface area contributed by atoms with Crippen molar-refractivity contribution in [3.8, 4) is 0 Å². The van der Waals surface area contributed by atoms with Crippen molar-refractivity contribution in [3.63, 3.8) is 0 Å². The number of rotatable bonds is 19. The molecule has 8 heteroatoms. The van der Waals surface area contributed by atoms with Crippen LogP contribution in [0.5, 0.6) is 0 Å². The van der Waals surface area contributed by atoms with Crippen LogP contribution in [0.4, 0.5) is 0 Å². The number of hydrogen-bond acceptors (Lipinski definition) is 8. The molecule has 4 aliphatic carbocycles. The first-order chi connectivity index (χ1) is 28.5. The van der Waals surface area contributed by atoms with Crippen LogP contribution in [0.15, 0.2) is 36.4 Å². The molecule has 6 rings (SSSR count). The molecule has 60 heavy (non-hydrogen) atoms. The molecule has 0 heterocycles. The van der Waals surface area contributed by atoms with E-state index in [1.54, 1.807) is 0 Å². The Morgan fingerprint density at radius 1 is 0.600 bits per heavy atom. The number of ether oxygens (including phenoxy) is 4. The van der Waals surface area contributed by atoms with Crippen LogP contribution in [0.2, 0.25) is 0 Å². The normalized spacial score (nSPS) is 29.5.